The van der Waals surface area contributed by atoms with Crippen molar-refractivity contribution in [2.75, 3.05) is 11.1 Å². The Morgan fingerprint density at radius 2 is 1.84 bits per heavy atom. The van der Waals surface area contributed by atoms with Crippen LogP contribution in [0, 0.1) is 0 Å². The Bertz CT molecular complexity index is 578. The van der Waals surface area contributed by atoms with E-state index < -0.39 is 5.76 Å². The van der Waals surface area contributed by atoms with Crippen molar-refractivity contribution in [1.29, 1.82) is 0 Å². The van der Waals surface area contributed by atoms with Crippen molar-refractivity contribution >= 4 is 40.4 Å². The lowest BCUT2D eigenvalue weighted by Crippen LogP contribution is -1.95. The van der Waals surface area contributed by atoms with Gasteiger partial charge in [0, 0.05) is 10.6 Å². The summed E-state index contributed by atoms with van der Waals surface area (Å²) in [6.45, 7) is 0. The molecule has 0 bridgehead atoms. The van der Waals surface area contributed by atoms with E-state index >= 15 is 0 Å². The molecule has 3 N–H and O–H groups in total. The van der Waals surface area contributed by atoms with E-state index in [-0.39, 0.29) is 0 Å². The van der Waals surface area contributed by atoms with Gasteiger partial charge in [0.05, 0.1) is 16.4 Å². The molecule has 0 amide bonds. The molecule has 0 radical (unpaired) electrons. The smallest absolute Gasteiger partial charge is 0.288 e. The fourth-order valence-corrected chi connectivity index (χ4v) is 2.38. The second kappa shape index (κ2) is 6.12. The van der Waals surface area contributed by atoms with Crippen LogP contribution in [0.2, 0.25) is 5.02 Å². The number of anilines is 3. The number of alkyl halides is 2. The van der Waals surface area contributed by atoms with Gasteiger partial charge in [-0.15, -0.1) is 0 Å². The predicted octanol–water partition coefficient (Wildman–Crippen LogP) is 4.98. The van der Waals surface area contributed by atoms with Crippen molar-refractivity contribution < 1.29 is 8.78 Å². The lowest BCUT2D eigenvalue weighted by molar-refractivity contribution is 0.252. The number of halogens is 3. The lowest BCUT2D eigenvalue weighted by Gasteiger charge is -2.12. The molecule has 0 unspecified atom stereocenters. The molecule has 0 saturated heterocycles. The van der Waals surface area contributed by atoms with Crippen molar-refractivity contribution in [3.8, 4) is 0 Å². The molecule has 0 atom stereocenters. The molecule has 0 spiro atoms. The molecule has 2 aromatic rings. The van der Waals surface area contributed by atoms with Gasteiger partial charge in [0.25, 0.3) is 5.76 Å². The van der Waals surface area contributed by atoms with Crippen LogP contribution in [0.1, 0.15) is 0 Å². The van der Waals surface area contributed by atoms with Crippen LogP contribution in [0.4, 0.5) is 25.8 Å². The summed E-state index contributed by atoms with van der Waals surface area (Å²) in [5.74, 6) is -2.47. The normalized spacial score (nSPS) is 10.7. The molecular formula is C13H11ClF2N2S. The summed E-state index contributed by atoms with van der Waals surface area (Å²) in [5.41, 5.74) is 7.35. The number of nitrogen functional groups attached to an aromatic ring is 1. The first-order chi connectivity index (χ1) is 9.06. The molecule has 0 aromatic heterocycles. The van der Waals surface area contributed by atoms with Crippen LogP contribution in [0.25, 0.3) is 0 Å². The maximum absolute atomic E-state index is 12.5. The van der Waals surface area contributed by atoms with Crippen LogP contribution in [0.15, 0.2) is 47.4 Å². The standard InChI is InChI=1S/C13H11ClF2N2S/c14-9-7-8(17)5-6-10(9)18-11-3-1-2-4-12(11)19-13(15)16/h1-7,13,18H,17H2. The molecule has 100 valence electrons. The monoisotopic (exact) mass is 300 g/mol. The van der Waals surface area contributed by atoms with E-state index in [1.54, 1.807) is 42.5 Å². The zero-order valence-corrected chi connectivity index (χ0v) is 11.3. The fraction of sp³-hybridized carbons (Fsp3) is 0.0769. The third-order valence-electron chi connectivity index (χ3n) is 2.37. The molecule has 2 aromatic carbocycles. The highest BCUT2D eigenvalue weighted by Gasteiger charge is 2.10. The van der Waals surface area contributed by atoms with Gasteiger partial charge in [0.1, 0.15) is 0 Å². The van der Waals surface area contributed by atoms with E-state index in [0.29, 0.717) is 38.7 Å². The first-order valence-electron chi connectivity index (χ1n) is 5.42. The lowest BCUT2D eigenvalue weighted by atomic mass is 10.2. The first-order valence-corrected chi connectivity index (χ1v) is 6.68. The van der Waals surface area contributed by atoms with Gasteiger partial charge in [-0.3, -0.25) is 0 Å². The van der Waals surface area contributed by atoms with Crippen LogP contribution in [0.3, 0.4) is 0 Å². The van der Waals surface area contributed by atoms with Gasteiger partial charge in [0.2, 0.25) is 0 Å². The van der Waals surface area contributed by atoms with E-state index in [1.807, 2.05) is 0 Å². The molecule has 6 heteroatoms. The maximum Gasteiger partial charge on any atom is 0.288 e. The second-order valence-corrected chi connectivity index (χ2v) is 5.18. The highest BCUT2D eigenvalue weighted by atomic mass is 35.5. The van der Waals surface area contributed by atoms with Crippen molar-refractivity contribution in [1.82, 2.24) is 0 Å². The SMILES string of the molecule is Nc1ccc(Nc2ccccc2SC(F)F)c(Cl)c1. The van der Waals surface area contributed by atoms with Crippen LogP contribution in [-0.2, 0) is 0 Å². The Kier molecular flexibility index (Phi) is 4.50. The summed E-state index contributed by atoms with van der Waals surface area (Å²) in [6, 6.07) is 11.8. The number of hydrogen-bond donors (Lipinski definition) is 2. The minimum atomic E-state index is -2.47. The first kappa shape index (κ1) is 14.0. The van der Waals surface area contributed by atoms with Gasteiger partial charge in [-0.25, -0.2) is 0 Å². The molecule has 0 aliphatic rings. The summed E-state index contributed by atoms with van der Waals surface area (Å²) in [5, 5.41) is 3.47. The van der Waals surface area contributed by atoms with E-state index in [9.17, 15) is 8.78 Å². The average molecular weight is 301 g/mol. The summed E-state index contributed by atoms with van der Waals surface area (Å²) in [7, 11) is 0. The van der Waals surface area contributed by atoms with E-state index in [2.05, 4.69) is 5.32 Å². The maximum atomic E-state index is 12.5. The summed E-state index contributed by atoms with van der Waals surface area (Å²) >= 11 is 6.53. The number of para-hydroxylation sites is 1. The Morgan fingerprint density at radius 3 is 2.53 bits per heavy atom. The molecule has 2 nitrogen and oxygen atoms in total. The predicted molar refractivity (Wildman–Crippen MR) is 77.5 cm³/mol. The zero-order valence-electron chi connectivity index (χ0n) is 9.74. The number of nitrogens with two attached hydrogens (primary N) is 1. The molecule has 0 saturated carbocycles. The quantitative estimate of drug-likeness (QED) is 0.618. The summed E-state index contributed by atoms with van der Waals surface area (Å²) in [6.07, 6.45) is 0. The average Bonchev–Trinajstić information content (AvgIpc) is 2.34. The highest BCUT2D eigenvalue weighted by molar-refractivity contribution is 7.99. The Balaban J connectivity index is 2.27. The zero-order chi connectivity index (χ0) is 13.8. The van der Waals surface area contributed by atoms with Crippen LogP contribution >= 0.6 is 23.4 Å². The molecular weight excluding hydrogens is 290 g/mol. The van der Waals surface area contributed by atoms with E-state index in [1.165, 1.54) is 0 Å². The number of rotatable bonds is 4. The van der Waals surface area contributed by atoms with Gasteiger partial charge in [-0.1, -0.05) is 35.5 Å². The number of benzene rings is 2. The molecule has 19 heavy (non-hydrogen) atoms. The van der Waals surface area contributed by atoms with Crippen LogP contribution < -0.4 is 11.1 Å². The topological polar surface area (TPSA) is 38.0 Å². The van der Waals surface area contributed by atoms with Crippen LogP contribution in [-0.4, -0.2) is 5.76 Å². The van der Waals surface area contributed by atoms with Gasteiger partial charge in [-0.2, -0.15) is 8.78 Å². The summed E-state index contributed by atoms with van der Waals surface area (Å²) in [4.78, 5) is 0.463. The minimum absolute atomic E-state index is 0.442. The largest absolute Gasteiger partial charge is 0.399 e. The summed E-state index contributed by atoms with van der Waals surface area (Å²) < 4.78 is 24.9. The van der Waals surface area contributed by atoms with Gasteiger partial charge in [0.15, 0.2) is 0 Å². The second-order valence-electron chi connectivity index (χ2n) is 3.74. The Hall–Kier alpha value is -1.46. The van der Waals surface area contributed by atoms with Crippen molar-refractivity contribution in [2.24, 2.45) is 0 Å². The fourth-order valence-electron chi connectivity index (χ4n) is 1.55. The molecule has 2 rings (SSSR count). The third kappa shape index (κ3) is 3.75. The van der Waals surface area contributed by atoms with Crippen molar-refractivity contribution in [3.63, 3.8) is 0 Å². The van der Waals surface area contributed by atoms with E-state index in [0.717, 1.165) is 0 Å². The van der Waals surface area contributed by atoms with Gasteiger partial charge in [-0.05, 0) is 30.3 Å². The van der Waals surface area contributed by atoms with E-state index in [4.69, 9.17) is 17.3 Å². The number of nitrogens with one attached hydrogen (secondary N) is 1. The Morgan fingerprint density at radius 1 is 1.11 bits per heavy atom. The van der Waals surface area contributed by atoms with Crippen LogP contribution in [0.5, 0.6) is 0 Å². The molecule has 0 heterocycles. The number of hydrogen-bond acceptors (Lipinski definition) is 3. The molecule has 0 fully saturated rings. The Labute approximate surface area is 119 Å². The number of thioether (sulfide) groups is 1. The van der Waals surface area contributed by atoms with Crippen molar-refractivity contribution in [3.05, 3.63) is 47.5 Å². The minimum Gasteiger partial charge on any atom is -0.399 e. The third-order valence-corrected chi connectivity index (χ3v) is 3.47. The molecule has 0 aliphatic heterocycles. The highest BCUT2D eigenvalue weighted by Crippen LogP contribution is 2.35. The molecule has 0 aliphatic carbocycles. The van der Waals surface area contributed by atoms with Gasteiger partial charge >= 0.3 is 0 Å². The van der Waals surface area contributed by atoms with Gasteiger partial charge < -0.3 is 11.1 Å². The van der Waals surface area contributed by atoms with Crippen molar-refractivity contribution in [2.45, 2.75) is 10.7 Å².